The summed E-state index contributed by atoms with van der Waals surface area (Å²) in [5, 5.41) is 13.7. The van der Waals surface area contributed by atoms with Gasteiger partial charge in [-0.15, -0.1) is 0 Å². The van der Waals surface area contributed by atoms with Crippen molar-refractivity contribution in [3.8, 4) is 0 Å². The van der Waals surface area contributed by atoms with Crippen molar-refractivity contribution in [1.82, 2.24) is 15.1 Å². The Morgan fingerprint density at radius 3 is 2.68 bits per heavy atom. The van der Waals surface area contributed by atoms with Gasteiger partial charge in [0.25, 0.3) is 0 Å². The predicted molar refractivity (Wildman–Crippen MR) is 101 cm³/mol. The zero-order valence-electron chi connectivity index (χ0n) is 15.4. The van der Waals surface area contributed by atoms with Crippen molar-refractivity contribution in [2.45, 2.75) is 44.6 Å². The van der Waals surface area contributed by atoms with Crippen molar-refractivity contribution < 1.29 is 9.84 Å². The summed E-state index contributed by atoms with van der Waals surface area (Å²) in [5.74, 6) is 0. The Bertz CT molecular complexity index is 493. The first kappa shape index (κ1) is 18.8. The highest BCUT2D eigenvalue weighted by atomic mass is 16.5. The summed E-state index contributed by atoms with van der Waals surface area (Å²) in [6, 6.07) is 10.9. The molecule has 5 heteroatoms. The number of nitrogens with zero attached hydrogens (tertiary/aromatic N) is 2. The monoisotopic (exact) mass is 347 g/mol. The first-order chi connectivity index (χ1) is 12.2. The normalized spacial score (nSPS) is 25.1. The molecule has 0 saturated carbocycles. The lowest BCUT2D eigenvalue weighted by Gasteiger charge is -2.36. The Morgan fingerprint density at radius 1 is 1.16 bits per heavy atom. The molecule has 0 spiro atoms. The van der Waals surface area contributed by atoms with Gasteiger partial charge in [0.05, 0.1) is 18.8 Å². The first-order valence-corrected chi connectivity index (χ1v) is 9.72. The number of benzene rings is 1. The Kier molecular flexibility index (Phi) is 7.25. The average Bonchev–Trinajstić information content (AvgIpc) is 3.14. The van der Waals surface area contributed by atoms with Crippen LogP contribution in [0.25, 0.3) is 0 Å². The molecule has 1 aromatic rings. The molecule has 2 fully saturated rings. The van der Waals surface area contributed by atoms with Crippen LogP contribution in [0, 0.1) is 0 Å². The number of aliphatic hydroxyl groups is 1. The molecule has 25 heavy (non-hydrogen) atoms. The van der Waals surface area contributed by atoms with Crippen molar-refractivity contribution in [2.75, 3.05) is 45.9 Å². The van der Waals surface area contributed by atoms with Crippen LogP contribution in [0.2, 0.25) is 0 Å². The first-order valence-electron chi connectivity index (χ1n) is 9.72. The van der Waals surface area contributed by atoms with Crippen LogP contribution < -0.4 is 5.32 Å². The second-order valence-electron chi connectivity index (χ2n) is 7.49. The van der Waals surface area contributed by atoms with Crippen molar-refractivity contribution in [3.05, 3.63) is 35.9 Å². The molecule has 2 aliphatic rings. The molecule has 5 nitrogen and oxygen atoms in total. The second kappa shape index (κ2) is 9.64. The van der Waals surface area contributed by atoms with Crippen molar-refractivity contribution in [1.29, 1.82) is 0 Å². The summed E-state index contributed by atoms with van der Waals surface area (Å²) < 4.78 is 5.98. The third-order valence-electron chi connectivity index (χ3n) is 5.33. The number of nitrogens with one attached hydrogen (secondary N) is 1. The van der Waals surface area contributed by atoms with E-state index in [1.165, 1.54) is 18.4 Å². The molecule has 2 heterocycles. The smallest absolute Gasteiger partial charge is 0.0852 e. The molecule has 0 amide bonds. The summed E-state index contributed by atoms with van der Waals surface area (Å²) in [4.78, 5) is 4.82. The number of aliphatic hydroxyl groups excluding tert-OH is 1. The van der Waals surface area contributed by atoms with E-state index in [0.29, 0.717) is 6.54 Å². The second-order valence-corrected chi connectivity index (χ2v) is 7.49. The zero-order chi connectivity index (χ0) is 17.5. The van der Waals surface area contributed by atoms with E-state index in [1.54, 1.807) is 0 Å². The highest BCUT2D eigenvalue weighted by Gasteiger charge is 2.26. The Hall–Kier alpha value is -0.980. The maximum absolute atomic E-state index is 10.2. The summed E-state index contributed by atoms with van der Waals surface area (Å²) in [6.07, 6.45) is 2.41. The van der Waals surface area contributed by atoms with E-state index >= 15 is 0 Å². The molecule has 1 aromatic carbocycles. The molecule has 140 valence electrons. The van der Waals surface area contributed by atoms with E-state index in [9.17, 15) is 5.11 Å². The van der Waals surface area contributed by atoms with Crippen LogP contribution in [0.4, 0.5) is 0 Å². The lowest BCUT2D eigenvalue weighted by Crippen LogP contribution is -2.52. The fourth-order valence-electron chi connectivity index (χ4n) is 3.80. The highest BCUT2D eigenvalue weighted by Crippen LogP contribution is 2.13. The van der Waals surface area contributed by atoms with Crippen molar-refractivity contribution >= 4 is 0 Å². The number of rotatable bonds is 8. The highest BCUT2D eigenvalue weighted by molar-refractivity contribution is 5.14. The summed E-state index contributed by atoms with van der Waals surface area (Å²) >= 11 is 0. The average molecular weight is 348 g/mol. The van der Waals surface area contributed by atoms with Crippen LogP contribution >= 0.6 is 0 Å². The quantitative estimate of drug-likeness (QED) is 0.743. The van der Waals surface area contributed by atoms with E-state index in [1.807, 2.05) is 0 Å². The van der Waals surface area contributed by atoms with Crippen molar-refractivity contribution in [3.63, 3.8) is 0 Å². The number of hydrogen-bond acceptors (Lipinski definition) is 5. The van der Waals surface area contributed by atoms with Gasteiger partial charge in [-0.25, -0.2) is 0 Å². The minimum atomic E-state index is -0.301. The van der Waals surface area contributed by atoms with E-state index in [4.69, 9.17) is 4.74 Å². The molecule has 2 saturated heterocycles. The van der Waals surface area contributed by atoms with Gasteiger partial charge in [0.2, 0.25) is 0 Å². The van der Waals surface area contributed by atoms with E-state index < -0.39 is 0 Å². The minimum absolute atomic E-state index is 0.177. The molecular formula is C20H33N3O2. The summed E-state index contributed by atoms with van der Waals surface area (Å²) in [5.41, 5.74) is 1.35. The molecule has 0 aliphatic carbocycles. The largest absolute Gasteiger partial charge is 0.390 e. The van der Waals surface area contributed by atoms with E-state index in [0.717, 1.165) is 45.9 Å². The van der Waals surface area contributed by atoms with Gasteiger partial charge in [0.1, 0.15) is 0 Å². The molecule has 3 unspecified atom stereocenters. The lowest BCUT2D eigenvalue weighted by atomic mass is 10.1. The fourth-order valence-corrected chi connectivity index (χ4v) is 3.80. The van der Waals surface area contributed by atoms with E-state index in [2.05, 4.69) is 52.4 Å². The number of β-amino-alcohol motifs (C(OH)–C–C–N with tert-alkyl or cyclic N) is 1. The zero-order valence-corrected chi connectivity index (χ0v) is 15.4. The van der Waals surface area contributed by atoms with Crippen LogP contribution in [-0.2, 0) is 11.3 Å². The number of morpholine rings is 1. The maximum atomic E-state index is 10.2. The Balaban J connectivity index is 1.39. The van der Waals surface area contributed by atoms with Gasteiger partial charge in [0, 0.05) is 38.8 Å². The van der Waals surface area contributed by atoms with Gasteiger partial charge in [0.15, 0.2) is 0 Å². The molecule has 2 aliphatic heterocycles. The lowest BCUT2D eigenvalue weighted by molar-refractivity contribution is -0.0475. The Labute approximate surface area is 152 Å². The van der Waals surface area contributed by atoms with Crippen LogP contribution in [0.5, 0.6) is 0 Å². The van der Waals surface area contributed by atoms with Gasteiger partial charge in [-0.3, -0.25) is 4.90 Å². The molecular weight excluding hydrogens is 314 g/mol. The standard InChI is InChI=1S/C20H33N3O2/c1-17(21-13-19(24)15-22-9-5-6-10-22)20-16-23(11-12-25-20)14-18-7-3-2-4-8-18/h2-4,7-8,17,19-21,24H,5-6,9-16H2,1H3. The molecule has 2 N–H and O–H groups in total. The minimum Gasteiger partial charge on any atom is -0.390 e. The fraction of sp³-hybridized carbons (Fsp3) is 0.700. The maximum Gasteiger partial charge on any atom is 0.0852 e. The van der Waals surface area contributed by atoms with Crippen LogP contribution in [0.15, 0.2) is 30.3 Å². The third-order valence-corrected chi connectivity index (χ3v) is 5.33. The number of hydrogen-bond donors (Lipinski definition) is 2. The molecule has 3 atom stereocenters. The Morgan fingerprint density at radius 2 is 1.92 bits per heavy atom. The van der Waals surface area contributed by atoms with Gasteiger partial charge in [-0.1, -0.05) is 30.3 Å². The molecule has 0 bridgehead atoms. The molecule has 0 radical (unpaired) electrons. The van der Waals surface area contributed by atoms with Gasteiger partial charge in [-0.05, 0) is 38.4 Å². The summed E-state index contributed by atoms with van der Waals surface area (Å²) in [6.45, 7) is 9.52. The number of ether oxygens (including phenoxy) is 1. The SMILES string of the molecule is CC(NCC(O)CN1CCCC1)C1CN(Cc2ccccc2)CCO1. The van der Waals surface area contributed by atoms with Crippen LogP contribution in [-0.4, -0.2) is 79.0 Å². The van der Waals surface area contributed by atoms with E-state index in [-0.39, 0.29) is 18.2 Å². The third kappa shape index (κ3) is 6.04. The van der Waals surface area contributed by atoms with Crippen molar-refractivity contribution in [2.24, 2.45) is 0 Å². The summed E-state index contributed by atoms with van der Waals surface area (Å²) in [7, 11) is 0. The predicted octanol–water partition coefficient (Wildman–Crippen LogP) is 1.32. The molecule has 0 aromatic heterocycles. The van der Waals surface area contributed by atoms with Gasteiger partial charge < -0.3 is 20.1 Å². The molecule has 3 rings (SSSR count). The van der Waals surface area contributed by atoms with Crippen LogP contribution in [0.3, 0.4) is 0 Å². The number of likely N-dealkylation sites (tertiary alicyclic amines) is 1. The van der Waals surface area contributed by atoms with Gasteiger partial charge >= 0.3 is 0 Å². The van der Waals surface area contributed by atoms with Gasteiger partial charge in [-0.2, -0.15) is 0 Å². The topological polar surface area (TPSA) is 48.0 Å². The van der Waals surface area contributed by atoms with Crippen LogP contribution in [0.1, 0.15) is 25.3 Å².